The number of anilines is 2. The van der Waals surface area contributed by atoms with Crippen LogP contribution < -0.4 is 9.80 Å². The van der Waals surface area contributed by atoms with Gasteiger partial charge in [-0.3, -0.25) is 4.90 Å². The summed E-state index contributed by atoms with van der Waals surface area (Å²) >= 11 is 1.75. The summed E-state index contributed by atoms with van der Waals surface area (Å²) in [4.78, 5) is 17.3. The number of hydrogen-bond donors (Lipinski definition) is 0. The second-order valence-corrected chi connectivity index (χ2v) is 6.61. The van der Waals surface area contributed by atoms with Gasteiger partial charge in [0.05, 0.1) is 18.8 Å². The van der Waals surface area contributed by atoms with Crippen LogP contribution in [-0.4, -0.2) is 49.9 Å². The number of ether oxygens (including phenoxy) is 1. The summed E-state index contributed by atoms with van der Waals surface area (Å²) < 4.78 is 33.9. The quantitative estimate of drug-likeness (QED) is 0.472. The van der Waals surface area contributed by atoms with E-state index in [0.717, 1.165) is 28.5 Å². The van der Waals surface area contributed by atoms with Crippen molar-refractivity contribution < 1.29 is 18.3 Å². The minimum Gasteiger partial charge on any atom is -0.444 e. The van der Waals surface area contributed by atoms with E-state index in [9.17, 15) is 13.6 Å². The number of thioether (sulfide) groups is 1. The largest absolute Gasteiger partial charge is 0.444 e. The fourth-order valence-corrected chi connectivity index (χ4v) is 3.66. The average molecular weight is 355 g/mol. The molecule has 2 saturated heterocycles. The van der Waals surface area contributed by atoms with E-state index in [1.165, 1.54) is 0 Å². The summed E-state index contributed by atoms with van der Waals surface area (Å²) in [5.41, 5.74) is 8.33. The summed E-state index contributed by atoms with van der Waals surface area (Å²) in [6.07, 6.45) is -1.34. The van der Waals surface area contributed by atoms with Gasteiger partial charge in [-0.05, 0) is 5.53 Å². The number of azide groups is 1. The molecular weight excluding hydrogens is 340 g/mol. The first-order chi connectivity index (χ1) is 11.6. The predicted molar refractivity (Wildman–Crippen MR) is 87.5 cm³/mol. The zero-order valence-electron chi connectivity index (χ0n) is 12.7. The summed E-state index contributed by atoms with van der Waals surface area (Å²) in [6, 6.07) is 2.27. The lowest BCUT2D eigenvalue weighted by atomic mass is 10.2. The van der Waals surface area contributed by atoms with Gasteiger partial charge in [-0.25, -0.2) is 13.6 Å². The van der Waals surface area contributed by atoms with Crippen LogP contribution in [0.5, 0.6) is 0 Å². The molecule has 24 heavy (non-hydrogen) atoms. The molecule has 10 heteroatoms. The molecule has 0 radical (unpaired) electrons. The minimum absolute atomic E-state index is 0.0206. The van der Waals surface area contributed by atoms with E-state index in [0.29, 0.717) is 13.1 Å². The molecule has 128 valence electrons. The molecule has 0 unspecified atom stereocenters. The molecule has 2 aliphatic rings. The Bertz CT molecular complexity index is 669. The predicted octanol–water partition coefficient (Wildman–Crippen LogP) is 3.15. The number of benzene rings is 1. The minimum atomic E-state index is -0.714. The lowest BCUT2D eigenvalue weighted by Crippen LogP contribution is -2.34. The van der Waals surface area contributed by atoms with E-state index in [2.05, 4.69) is 10.0 Å². The van der Waals surface area contributed by atoms with E-state index < -0.39 is 23.8 Å². The van der Waals surface area contributed by atoms with Crippen molar-refractivity contribution in [2.45, 2.75) is 6.10 Å². The second-order valence-electron chi connectivity index (χ2n) is 5.39. The van der Waals surface area contributed by atoms with Gasteiger partial charge in [-0.2, -0.15) is 11.8 Å². The van der Waals surface area contributed by atoms with Gasteiger partial charge in [0.1, 0.15) is 11.8 Å². The monoisotopic (exact) mass is 355 g/mol. The lowest BCUT2D eigenvalue weighted by Gasteiger charge is -2.29. The Hall–Kier alpha value is -2.19. The number of nitrogens with zero attached hydrogens (tertiary/aromatic N) is 5. The molecule has 0 N–H and O–H groups in total. The molecule has 7 nitrogen and oxygen atoms in total. The molecule has 2 aliphatic heterocycles. The molecule has 1 atom stereocenters. The topological polar surface area (TPSA) is 81.5 Å². The molecule has 0 spiro atoms. The zero-order valence-corrected chi connectivity index (χ0v) is 13.5. The standard InChI is InChI=1S/C14H15F2N5O2S/c15-11-5-9(21-8-10(7-18-19-17)23-14(21)22)6-12(16)13(11)20-1-3-24-4-2-20/h5-6,10H,1-4,7-8H2/t10-/m0/s1. The Morgan fingerprint density at radius 2 is 2.00 bits per heavy atom. The van der Waals surface area contributed by atoms with Crippen molar-refractivity contribution in [2.24, 2.45) is 5.11 Å². The molecule has 2 fully saturated rings. The lowest BCUT2D eigenvalue weighted by molar-refractivity contribution is 0.145. The number of halogens is 2. The Morgan fingerprint density at radius 3 is 2.62 bits per heavy atom. The first kappa shape index (κ1) is 16.7. The van der Waals surface area contributed by atoms with Crippen molar-refractivity contribution in [2.75, 3.05) is 47.5 Å². The molecule has 3 rings (SSSR count). The highest BCUT2D eigenvalue weighted by atomic mass is 32.2. The molecule has 0 saturated carbocycles. The Kier molecular flexibility index (Phi) is 4.96. The maximum atomic E-state index is 14.4. The fraction of sp³-hybridized carbons (Fsp3) is 0.500. The van der Waals surface area contributed by atoms with Gasteiger partial charge in [-0.1, -0.05) is 5.11 Å². The second kappa shape index (κ2) is 7.14. The van der Waals surface area contributed by atoms with Crippen LogP contribution in [0.3, 0.4) is 0 Å². The van der Waals surface area contributed by atoms with E-state index in [1.54, 1.807) is 16.7 Å². The molecular formula is C14H15F2N5O2S. The third kappa shape index (κ3) is 3.34. The number of rotatable bonds is 4. The molecule has 0 bridgehead atoms. The van der Waals surface area contributed by atoms with Crippen LogP contribution in [0, 0.1) is 11.6 Å². The van der Waals surface area contributed by atoms with Crippen LogP contribution >= 0.6 is 11.8 Å². The first-order valence-electron chi connectivity index (χ1n) is 7.41. The highest BCUT2D eigenvalue weighted by Gasteiger charge is 2.33. The Balaban J connectivity index is 1.82. The van der Waals surface area contributed by atoms with Gasteiger partial charge in [-0.15, -0.1) is 0 Å². The van der Waals surface area contributed by atoms with Gasteiger partial charge in [0, 0.05) is 41.6 Å². The number of carbonyl (C=O) groups is 1. The third-order valence-corrected chi connectivity index (χ3v) is 4.81. The molecule has 1 amide bonds. The molecule has 1 aromatic rings. The van der Waals surface area contributed by atoms with Crippen LogP contribution in [0.15, 0.2) is 17.2 Å². The molecule has 0 aliphatic carbocycles. The smallest absolute Gasteiger partial charge is 0.414 e. The molecule has 0 aromatic heterocycles. The van der Waals surface area contributed by atoms with Crippen LogP contribution in [-0.2, 0) is 4.74 Å². The van der Waals surface area contributed by atoms with Crippen LogP contribution in [0.2, 0.25) is 0 Å². The van der Waals surface area contributed by atoms with Crippen molar-refractivity contribution in [3.8, 4) is 0 Å². The van der Waals surface area contributed by atoms with Gasteiger partial charge in [0.15, 0.2) is 11.6 Å². The average Bonchev–Trinajstić information content (AvgIpc) is 2.94. The van der Waals surface area contributed by atoms with E-state index >= 15 is 0 Å². The number of cyclic esters (lactones) is 1. The maximum absolute atomic E-state index is 14.4. The SMILES string of the molecule is [N-]=[N+]=NC[C@H]1CN(c2cc(F)c(N3CCSCC3)c(F)c2)C(=O)O1. The van der Waals surface area contributed by atoms with Gasteiger partial charge in [0.25, 0.3) is 0 Å². The Labute approximate surface area is 141 Å². The normalized spacial score (nSPS) is 20.8. The summed E-state index contributed by atoms with van der Waals surface area (Å²) in [6.45, 7) is 1.22. The van der Waals surface area contributed by atoms with E-state index in [1.807, 2.05) is 0 Å². The van der Waals surface area contributed by atoms with Crippen molar-refractivity contribution in [3.63, 3.8) is 0 Å². The van der Waals surface area contributed by atoms with Crippen LogP contribution in [0.25, 0.3) is 10.4 Å². The van der Waals surface area contributed by atoms with Crippen molar-refractivity contribution in [3.05, 3.63) is 34.2 Å². The summed E-state index contributed by atoms with van der Waals surface area (Å²) in [7, 11) is 0. The number of hydrogen-bond acceptors (Lipinski definition) is 5. The summed E-state index contributed by atoms with van der Waals surface area (Å²) in [5, 5.41) is 3.35. The Morgan fingerprint density at radius 1 is 1.33 bits per heavy atom. The fourth-order valence-electron chi connectivity index (χ4n) is 2.75. The van der Waals surface area contributed by atoms with Crippen LogP contribution in [0.4, 0.5) is 25.0 Å². The van der Waals surface area contributed by atoms with Crippen LogP contribution in [0.1, 0.15) is 0 Å². The number of carbonyl (C=O) groups excluding carboxylic acids is 1. The summed E-state index contributed by atoms with van der Waals surface area (Å²) in [5.74, 6) is 0.228. The van der Waals surface area contributed by atoms with Gasteiger partial charge < -0.3 is 9.64 Å². The van der Waals surface area contributed by atoms with Gasteiger partial charge >= 0.3 is 6.09 Å². The van der Waals surface area contributed by atoms with Gasteiger partial charge in [0.2, 0.25) is 0 Å². The van der Waals surface area contributed by atoms with E-state index in [4.69, 9.17) is 10.3 Å². The highest BCUT2D eigenvalue weighted by molar-refractivity contribution is 7.99. The highest BCUT2D eigenvalue weighted by Crippen LogP contribution is 2.32. The first-order valence-corrected chi connectivity index (χ1v) is 8.56. The molecule has 1 aromatic carbocycles. The zero-order chi connectivity index (χ0) is 17.1. The van der Waals surface area contributed by atoms with Crippen molar-refractivity contribution in [1.29, 1.82) is 0 Å². The molecule has 2 heterocycles. The van der Waals surface area contributed by atoms with E-state index in [-0.39, 0.29) is 24.5 Å². The number of amides is 1. The van der Waals surface area contributed by atoms with Crippen molar-refractivity contribution >= 4 is 29.2 Å². The maximum Gasteiger partial charge on any atom is 0.414 e. The third-order valence-electron chi connectivity index (χ3n) is 3.86. The van der Waals surface area contributed by atoms with Crippen molar-refractivity contribution in [1.82, 2.24) is 0 Å².